The van der Waals surface area contributed by atoms with Crippen molar-refractivity contribution in [3.63, 3.8) is 0 Å². The van der Waals surface area contributed by atoms with E-state index in [1.54, 1.807) is 32.0 Å². The van der Waals surface area contributed by atoms with Gasteiger partial charge in [0.15, 0.2) is 0 Å². The second-order valence-corrected chi connectivity index (χ2v) is 9.77. The number of carbonyl (C=O) groups excluding carboxylic acids is 2. The lowest BCUT2D eigenvalue weighted by Gasteiger charge is -2.31. The maximum absolute atomic E-state index is 13.3. The smallest absolute Gasteiger partial charge is 0.244 e. The number of halogens is 1. The van der Waals surface area contributed by atoms with Gasteiger partial charge in [-0.25, -0.2) is 8.42 Å². The molecule has 31 heavy (non-hydrogen) atoms. The summed E-state index contributed by atoms with van der Waals surface area (Å²) in [6, 6.07) is 11.7. The third kappa shape index (κ3) is 6.21. The summed E-state index contributed by atoms with van der Waals surface area (Å²) in [5.41, 5.74) is 2.78. The Morgan fingerprint density at radius 2 is 1.71 bits per heavy atom. The highest BCUT2D eigenvalue weighted by Gasteiger charge is 2.30. The van der Waals surface area contributed by atoms with Crippen LogP contribution in [0.2, 0.25) is 5.02 Å². The first kappa shape index (κ1) is 24.7. The average molecular weight is 466 g/mol. The molecule has 0 unspecified atom stereocenters. The maximum atomic E-state index is 13.3. The quantitative estimate of drug-likeness (QED) is 0.649. The maximum Gasteiger partial charge on any atom is 0.244 e. The topological polar surface area (TPSA) is 86.8 Å². The van der Waals surface area contributed by atoms with Crippen LogP contribution < -0.4 is 9.62 Å². The summed E-state index contributed by atoms with van der Waals surface area (Å²) in [7, 11) is -2.30. The summed E-state index contributed by atoms with van der Waals surface area (Å²) < 4.78 is 26.1. The summed E-state index contributed by atoms with van der Waals surface area (Å²) >= 11 is 6.17. The van der Waals surface area contributed by atoms with E-state index < -0.39 is 28.5 Å². The van der Waals surface area contributed by atoms with Crippen molar-refractivity contribution >= 4 is 39.1 Å². The standard InChI is InChI=1S/C22H28ClN3O4S/c1-15-9-11-18(12-10-15)13-25(17(3)22(28)24-4)21(27)14-26(31(5,29)30)20-8-6-7-19(23)16(20)2/h6-12,17H,13-14H2,1-5H3,(H,24,28)/t17-/m1/s1. The van der Waals surface area contributed by atoms with Crippen molar-refractivity contribution in [2.75, 3.05) is 24.2 Å². The van der Waals surface area contributed by atoms with Gasteiger partial charge in [0.25, 0.3) is 0 Å². The first-order chi connectivity index (χ1) is 14.5. The summed E-state index contributed by atoms with van der Waals surface area (Å²) in [4.78, 5) is 27.0. The summed E-state index contributed by atoms with van der Waals surface area (Å²) in [6.07, 6.45) is 1.03. The Kier molecular flexibility index (Phi) is 8.08. The van der Waals surface area contributed by atoms with E-state index in [1.165, 1.54) is 11.9 Å². The van der Waals surface area contributed by atoms with Crippen molar-refractivity contribution in [3.8, 4) is 0 Å². The van der Waals surface area contributed by atoms with Gasteiger partial charge >= 0.3 is 0 Å². The van der Waals surface area contributed by atoms with E-state index in [4.69, 9.17) is 11.6 Å². The molecule has 2 aromatic carbocycles. The van der Waals surface area contributed by atoms with Gasteiger partial charge < -0.3 is 10.2 Å². The van der Waals surface area contributed by atoms with Crippen LogP contribution in [0.15, 0.2) is 42.5 Å². The van der Waals surface area contributed by atoms with Crippen molar-refractivity contribution in [2.45, 2.75) is 33.4 Å². The lowest BCUT2D eigenvalue weighted by atomic mass is 10.1. The molecule has 0 radical (unpaired) electrons. The number of nitrogens with zero attached hydrogens (tertiary/aromatic N) is 2. The number of anilines is 1. The van der Waals surface area contributed by atoms with Crippen molar-refractivity contribution in [1.29, 1.82) is 0 Å². The predicted octanol–water partition coefficient (Wildman–Crippen LogP) is 2.89. The van der Waals surface area contributed by atoms with Crippen LogP contribution in [0, 0.1) is 13.8 Å². The molecule has 1 N–H and O–H groups in total. The molecule has 0 saturated heterocycles. The second-order valence-electron chi connectivity index (χ2n) is 7.45. The number of hydrogen-bond acceptors (Lipinski definition) is 4. The molecule has 0 aliphatic carbocycles. The van der Waals surface area contributed by atoms with E-state index in [1.807, 2.05) is 31.2 Å². The lowest BCUT2D eigenvalue weighted by Crippen LogP contribution is -2.50. The van der Waals surface area contributed by atoms with Crippen molar-refractivity contribution in [1.82, 2.24) is 10.2 Å². The number of carbonyl (C=O) groups is 2. The molecule has 0 aromatic heterocycles. The molecule has 0 aliphatic rings. The monoisotopic (exact) mass is 465 g/mol. The summed E-state index contributed by atoms with van der Waals surface area (Å²) in [5.74, 6) is -0.841. The highest BCUT2D eigenvalue weighted by atomic mass is 35.5. The zero-order chi connectivity index (χ0) is 23.3. The number of rotatable bonds is 8. The van der Waals surface area contributed by atoms with E-state index in [0.717, 1.165) is 21.7 Å². The molecular weight excluding hydrogens is 438 g/mol. The Bertz CT molecular complexity index is 1050. The Morgan fingerprint density at radius 3 is 2.26 bits per heavy atom. The molecule has 0 fully saturated rings. The van der Waals surface area contributed by atoms with Crippen LogP contribution in [0.3, 0.4) is 0 Å². The molecule has 1 atom stereocenters. The molecule has 2 rings (SSSR count). The first-order valence-electron chi connectivity index (χ1n) is 9.75. The van der Waals surface area contributed by atoms with E-state index in [9.17, 15) is 18.0 Å². The molecule has 0 heterocycles. The minimum absolute atomic E-state index is 0.166. The molecule has 0 bridgehead atoms. The molecule has 2 aromatic rings. The van der Waals surface area contributed by atoms with Gasteiger partial charge in [-0.05, 0) is 44.0 Å². The second kappa shape index (κ2) is 10.2. The van der Waals surface area contributed by atoms with E-state index >= 15 is 0 Å². The molecule has 7 nitrogen and oxygen atoms in total. The van der Waals surface area contributed by atoms with Crippen LogP contribution in [0.4, 0.5) is 5.69 Å². The molecule has 9 heteroatoms. The van der Waals surface area contributed by atoms with Gasteiger partial charge in [-0.3, -0.25) is 13.9 Å². The Morgan fingerprint density at radius 1 is 1.10 bits per heavy atom. The normalized spacial score (nSPS) is 12.2. The fourth-order valence-corrected chi connectivity index (χ4v) is 4.21. The molecule has 0 aliphatic heterocycles. The molecular formula is C22H28ClN3O4S. The fraction of sp³-hybridized carbons (Fsp3) is 0.364. The Hall–Kier alpha value is -2.58. The fourth-order valence-electron chi connectivity index (χ4n) is 3.14. The predicted molar refractivity (Wildman–Crippen MR) is 124 cm³/mol. The van der Waals surface area contributed by atoms with Gasteiger partial charge in [0, 0.05) is 18.6 Å². The minimum Gasteiger partial charge on any atom is -0.357 e. The zero-order valence-corrected chi connectivity index (χ0v) is 19.9. The van der Waals surface area contributed by atoms with Gasteiger partial charge in [0.2, 0.25) is 21.8 Å². The number of nitrogens with one attached hydrogen (secondary N) is 1. The van der Waals surface area contributed by atoms with Crippen LogP contribution >= 0.6 is 11.6 Å². The van der Waals surface area contributed by atoms with E-state index in [0.29, 0.717) is 16.3 Å². The van der Waals surface area contributed by atoms with Crippen molar-refractivity contribution in [3.05, 3.63) is 64.2 Å². The Labute approximate surface area is 189 Å². The number of benzene rings is 2. The third-order valence-corrected chi connectivity index (χ3v) is 6.61. The van der Waals surface area contributed by atoms with E-state index in [-0.39, 0.29) is 12.5 Å². The van der Waals surface area contributed by atoms with Gasteiger partial charge in [0.05, 0.1) is 11.9 Å². The Balaban J connectivity index is 2.42. The van der Waals surface area contributed by atoms with Crippen molar-refractivity contribution < 1.29 is 18.0 Å². The minimum atomic E-state index is -3.79. The summed E-state index contributed by atoms with van der Waals surface area (Å²) in [6.45, 7) is 4.97. The highest BCUT2D eigenvalue weighted by Crippen LogP contribution is 2.28. The number of sulfonamides is 1. The molecule has 168 valence electrons. The lowest BCUT2D eigenvalue weighted by molar-refractivity contribution is -0.139. The summed E-state index contributed by atoms with van der Waals surface area (Å²) in [5, 5.41) is 2.94. The molecule has 2 amide bonds. The zero-order valence-electron chi connectivity index (χ0n) is 18.3. The average Bonchev–Trinajstić information content (AvgIpc) is 2.71. The number of amides is 2. The van der Waals surface area contributed by atoms with Crippen molar-refractivity contribution in [2.24, 2.45) is 0 Å². The van der Waals surface area contributed by atoms with Crippen LogP contribution in [0.25, 0.3) is 0 Å². The van der Waals surface area contributed by atoms with Crippen LogP contribution in [0.5, 0.6) is 0 Å². The molecule has 0 spiro atoms. The SMILES string of the molecule is CNC(=O)[C@@H](C)N(Cc1ccc(C)cc1)C(=O)CN(c1cccc(Cl)c1C)S(C)(=O)=O. The first-order valence-corrected chi connectivity index (χ1v) is 12.0. The number of hydrogen-bond donors (Lipinski definition) is 1. The highest BCUT2D eigenvalue weighted by molar-refractivity contribution is 7.92. The molecule has 0 saturated carbocycles. The number of aryl methyl sites for hydroxylation is 1. The van der Waals surface area contributed by atoms with Gasteiger partial charge in [-0.15, -0.1) is 0 Å². The van der Waals surface area contributed by atoms with Gasteiger partial charge in [-0.1, -0.05) is 47.5 Å². The number of likely N-dealkylation sites (N-methyl/N-ethyl adjacent to an activating group) is 1. The largest absolute Gasteiger partial charge is 0.357 e. The third-order valence-electron chi connectivity index (χ3n) is 5.07. The van der Waals surface area contributed by atoms with Gasteiger partial charge in [-0.2, -0.15) is 0 Å². The van der Waals surface area contributed by atoms with E-state index in [2.05, 4.69) is 5.32 Å². The van der Waals surface area contributed by atoms with Crippen LogP contribution in [-0.2, 0) is 26.2 Å². The van der Waals surface area contributed by atoms with Crippen LogP contribution in [0.1, 0.15) is 23.6 Å². The van der Waals surface area contributed by atoms with Crippen LogP contribution in [-0.4, -0.2) is 51.0 Å². The van der Waals surface area contributed by atoms with Gasteiger partial charge in [0.1, 0.15) is 12.6 Å².